The molecule has 0 radical (unpaired) electrons. The molecule has 0 aliphatic carbocycles. The predicted molar refractivity (Wildman–Crippen MR) is 76.6 cm³/mol. The molecule has 0 fully saturated rings. The van der Waals surface area contributed by atoms with Crippen LogP contribution in [0.3, 0.4) is 0 Å². The van der Waals surface area contributed by atoms with Gasteiger partial charge in [-0.05, 0) is 32.0 Å². The van der Waals surface area contributed by atoms with Gasteiger partial charge in [-0.15, -0.1) is 6.58 Å². The van der Waals surface area contributed by atoms with Crippen LogP contribution in [0.5, 0.6) is 5.75 Å². The highest BCUT2D eigenvalue weighted by Gasteiger charge is 2.29. The number of nitrogen functional groups attached to an aromatic ring is 1. The maximum absolute atomic E-state index is 12.6. The van der Waals surface area contributed by atoms with Crippen molar-refractivity contribution in [1.29, 1.82) is 0 Å². The minimum Gasteiger partial charge on any atom is -0.495 e. The molecular formula is C13H20N2O3S. The van der Waals surface area contributed by atoms with Gasteiger partial charge in [-0.25, -0.2) is 8.42 Å². The third-order valence-electron chi connectivity index (χ3n) is 2.66. The number of anilines is 1. The summed E-state index contributed by atoms with van der Waals surface area (Å²) in [6.45, 7) is 7.43. The SMILES string of the molecule is C=CCN(C(C)C)S(=O)(=O)c1cc(N)ccc1OC. The van der Waals surface area contributed by atoms with Crippen molar-refractivity contribution in [2.75, 3.05) is 19.4 Å². The van der Waals surface area contributed by atoms with Crippen LogP contribution in [0.25, 0.3) is 0 Å². The van der Waals surface area contributed by atoms with E-state index in [9.17, 15) is 8.42 Å². The number of nitrogens with zero attached hydrogens (tertiary/aromatic N) is 1. The number of ether oxygens (including phenoxy) is 1. The lowest BCUT2D eigenvalue weighted by Crippen LogP contribution is -2.37. The van der Waals surface area contributed by atoms with Crippen LogP contribution in [0, 0.1) is 0 Å². The van der Waals surface area contributed by atoms with Gasteiger partial charge in [-0.2, -0.15) is 4.31 Å². The van der Waals surface area contributed by atoms with Gasteiger partial charge in [0.05, 0.1) is 7.11 Å². The van der Waals surface area contributed by atoms with E-state index in [1.165, 1.54) is 17.5 Å². The molecule has 1 rings (SSSR count). The zero-order valence-electron chi connectivity index (χ0n) is 11.5. The van der Waals surface area contributed by atoms with E-state index in [1.54, 1.807) is 32.1 Å². The van der Waals surface area contributed by atoms with E-state index in [-0.39, 0.29) is 23.2 Å². The van der Waals surface area contributed by atoms with Crippen molar-refractivity contribution in [2.45, 2.75) is 24.8 Å². The van der Waals surface area contributed by atoms with Crippen LogP contribution in [0.1, 0.15) is 13.8 Å². The fourth-order valence-corrected chi connectivity index (χ4v) is 3.53. The molecule has 0 unspecified atom stereocenters. The maximum atomic E-state index is 12.6. The molecule has 1 aromatic carbocycles. The number of nitrogens with two attached hydrogens (primary N) is 1. The largest absolute Gasteiger partial charge is 0.495 e. The Bertz CT molecular complexity index is 553. The Morgan fingerprint density at radius 2 is 2.11 bits per heavy atom. The van der Waals surface area contributed by atoms with Crippen molar-refractivity contribution in [3.63, 3.8) is 0 Å². The summed E-state index contributed by atoms with van der Waals surface area (Å²) in [5.74, 6) is 0.281. The average molecular weight is 284 g/mol. The van der Waals surface area contributed by atoms with Gasteiger partial charge in [-0.3, -0.25) is 0 Å². The Morgan fingerprint density at radius 3 is 2.58 bits per heavy atom. The van der Waals surface area contributed by atoms with Crippen molar-refractivity contribution in [1.82, 2.24) is 4.31 Å². The van der Waals surface area contributed by atoms with E-state index in [4.69, 9.17) is 10.5 Å². The highest BCUT2D eigenvalue weighted by atomic mass is 32.2. The van der Waals surface area contributed by atoms with E-state index in [2.05, 4.69) is 6.58 Å². The molecule has 106 valence electrons. The van der Waals surface area contributed by atoms with Gasteiger partial charge >= 0.3 is 0 Å². The first-order valence-electron chi connectivity index (χ1n) is 5.90. The van der Waals surface area contributed by atoms with Crippen molar-refractivity contribution in [3.8, 4) is 5.75 Å². The molecule has 19 heavy (non-hydrogen) atoms. The van der Waals surface area contributed by atoms with Crippen molar-refractivity contribution >= 4 is 15.7 Å². The van der Waals surface area contributed by atoms with Gasteiger partial charge in [0.1, 0.15) is 10.6 Å². The summed E-state index contributed by atoms with van der Waals surface area (Å²) in [4.78, 5) is 0.0746. The number of sulfonamides is 1. The predicted octanol–water partition coefficient (Wildman–Crippen LogP) is 1.86. The van der Waals surface area contributed by atoms with Crippen LogP contribution >= 0.6 is 0 Å². The van der Waals surface area contributed by atoms with Gasteiger partial charge < -0.3 is 10.5 Å². The monoisotopic (exact) mass is 284 g/mol. The van der Waals surface area contributed by atoms with E-state index >= 15 is 0 Å². The number of hydrogen-bond donors (Lipinski definition) is 1. The first-order valence-corrected chi connectivity index (χ1v) is 7.34. The first-order chi connectivity index (χ1) is 8.84. The topological polar surface area (TPSA) is 72.6 Å². The molecule has 6 heteroatoms. The summed E-state index contributed by atoms with van der Waals surface area (Å²) in [5.41, 5.74) is 6.05. The Labute approximate surface area is 114 Å². The lowest BCUT2D eigenvalue weighted by molar-refractivity contribution is 0.372. The molecule has 0 saturated carbocycles. The summed E-state index contributed by atoms with van der Waals surface area (Å²) >= 11 is 0. The maximum Gasteiger partial charge on any atom is 0.247 e. The van der Waals surface area contributed by atoms with Crippen LogP contribution in [-0.2, 0) is 10.0 Å². The Balaban J connectivity index is 3.40. The summed E-state index contributed by atoms with van der Waals surface area (Å²) in [6, 6.07) is 4.38. The third-order valence-corrected chi connectivity index (χ3v) is 4.72. The number of methoxy groups -OCH3 is 1. The Morgan fingerprint density at radius 1 is 1.47 bits per heavy atom. The summed E-state index contributed by atoms with van der Waals surface area (Å²) in [7, 11) is -2.24. The number of benzene rings is 1. The second kappa shape index (κ2) is 6.08. The van der Waals surface area contributed by atoms with Crippen LogP contribution in [0.4, 0.5) is 5.69 Å². The average Bonchev–Trinajstić information content (AvgIpc) is 2.35. The van der Waals surface area contributed by atoms with Gasteiger partial charge in [0.25, 0.3) is 0 Å². The molecule has 0 spiro atoms. The molecule has 0 bridgehead atoms. The van der Waals surface area contributed by atoms with Gasteiger partial charge in [0.15, 0.2) is 0 Å². The van der Waals surface area contributed by atoms with E-state index in [1.807, 2.05) is 0 Å². The smallest absolute Gasteiger partial charge is 0.247 e. The van der Waals surface area contributed by atoms with Crippen LogP contribution in [0.2, 0.25) is 0 Å². The van der Waals surface area contributed by atoms with Crippen LogP contribution in [-0.4, -0.2) is 32.4 Å². The van der Waals surface area contributed by atoms with Crippen LogP contribution in [0.15, 0.2) is 35.7 Å². The van der Waals surface area contributed by atoms with Crippen molar-refractivity contribution in [3.05, 3.63) is 30.9 Å². The van der Waals surface area contributed by atoms with Crippen molar-refractivity contribution in [2.24, 2.45) is 0 Å². The zero-order chi connectivity index (χ0) is 14.6. The molecule has 0 aliphatic heterocycles. The minimum atomic E-state index is -3.67. The van der Waals surface area contributed by atoms with Crippen molar-refractivity contribution < 1.29 is 13.2 Å². The highest BCUT2D eigenvalue weighted by Crippen LogP contribution is 2.29. The van der Waals surface area contributed by atoms with Crippen LogP contribution < -0.4 is 10.5 Å². The zero-order valence-corrected chi connectivity index (χ0v) is 12.3. The molecule has 0 heterocycles. The fraction of sp³-hybridized carbons (Fsp3) is 0.385. The molecule has 2 N–H and O–H groups in total. The normalized spacial score (nSPS) is 11.8. The summed E-state index contributed by atoms with van der Waals surface area (Å²) in [5, 5.41) is 0. The number of hydrogen-bond acceptors (Lipinski definition) is 4. The quantitative estimate of drug-likeness (QED) is 0.639. The molecule has 0 atom stereocenters. The third kappa shape index (κ3) is 3.27. The Hall–Kier alpha value is -1.53. The second-order valence-corrected chi connectivity index (χ2v) is 6.23. The molecule has 0 saturated heterocycles. The van der Waals surface area contributed by atoms with Gasteiger partial charge in [-0.1, -0.05) is 6.08 Å². The first kappa shape index (κ1) is 15.5. The van der Waals surface area contributed by atoms with E-state index in [0.717, 1.165) is 0 Å². The summed E-state index contributed by atoms with van der Waals surface area (Å²) in [6.07, 6.45) is 1.55. The molecule has 0 aromatic heterocycles. The molecule has 0 aliphatic rings. The van der Waals surface area contributed by atoms with Gasteiger partial charge in [0, 0.05) is 18.3 Å². The number of rotatable bonds is 6. The minimum absolute atomic E-state index is 0.0746. The van der Waals surface area contributed by atoms with Gasteiger partial charge in [0.2, 0.25) is 10.0 Å². The molecule has 1 aromatic rings. The fourth-order valence-electron chi connectivity index (χ4n) is 1.73. The van der Waals surface area contributed by atoms with E-state index in [0.29, 0.717) is 5.69 Å². The van der Waals surface area contributed by atoms with E-state index < -0.39 is 10.0 Å². The Kier molecular flexibility index (Phi) is 4.97. The molecule has 0 amide bonds. The standard InChI is InChI=1S/C13H20N2O3S/c1-5-8-15(10(2)3)19(16,17)13-9-11(14)6-7-12(13)18-4/h5-7,9-10H,1,8,14H2,2-4H3. The molecule has 5 nitrogen and oxygen atoms in total. The summed E-state index contributed by atoms with van der Waals surface area (Å²) < 4.78 is 31.7. The second-order valence-electron chi connectivity index (χ2n) is 4.37. The lowest BCUT2D eigenvalue weighted by Gasteiger charge is -2.25. The lowest BCUT2D eigenvalue weighted by atomic mass is 10.3. The molecular weight excluding hydrogens is 264 g/mol. The highest BCUT2D eigenvalue weighted by molar-refractivity contribution is 7.89.